The number of nitrogens with zero attached hydrogens (tertiary/aromatic N) is 4. The van der Waals surface area contributed by atoms with Gasteiger partial charge in [0.25, 0.3) is 11.5 Å². The highest BCUT2D eigenvalue weighted by Crippen LogP contribution is 2.29. The smallest absolute Gasteiger partial charge is 0.273 e. The van der Waals surface area contributed by atoms with Crippen molar-refractivity contribution in [2.75, 3.05) is 24.8 Å². The monoisotopic (exact) mass is 458 g/mol. The first-order valence-electron chi connectivity index (χ1n) is 8.86. The lowest BCUT2D eigenvalue weighted by molar-refractivity contribution is 0.102. The molecule has 2 aromatic heterocycles. The number of anilines is 2. The van der Waals surface area contributed by atoms with E-state index >= 15 is 0 Å². The minimum absolute atomic E-state index is 0.0409. The largest absolute Gasteiger partial charge is 0.384 e. The van der Waals surface area contributed by atoms with E-state index in [9.17, 15) is 9.59 Å². The van der Waals surface area contributed by atoms with Crippen LogP contribution >= 0.6 is 23.2 Å². The lowest BCUT2D eigenvalue weighted by Crippen LogP contribution is -2.31. The Labute approximate surface area is 187 Å². The SMILES string of the molecule is COCCc1cncc(NC(=O)c2c(N)ncn(-c3c(Cl)cc(C#N)cc3Cl)c2=O)c1. The number of nitrogens with two attached hydrogens (primary N) is 1. The first kappa shape index (κ1) is 22.2. The van der Waals surface area contributed by atoms with Gasteiger partial charge in [-0.15, -0.1) is 0 Å². The number of hydrogen-bond donors (Lipinski definition) is 2. The Morgan fingerprint density at radius 2 is 2.00 bits per heavy atom. The zero-order valence-electron chi connectivity index (χ0n) is 16.2. The van der Waals surface area contributed by atoms with Crippen LogP contribution in [-0.2, 0) is 11.2 Å². The zero-order chi connectivity index (χ0) is 22.5. The number of rotatable bonds is 6. The molecule has 1 aromatic carbocycles. The van der Waals surface area contributed by atoms with E-state index in [1.807, 2.05) is 6.07 Å². The number of nitriles is 1. The Hall–Kier alpha value is -3.45. The third-order valence-corrected chi connectivity index (χ3v) is 4.84. The molecule has 0 aliphatic heterocycles. The van der Waals surface area contributed by atoms with Crippen molar-refractivity contribution in [2.45, 2.75) is 6.42 Å². The summed E-state index contributed by atoms with van der Waals surface area (Å²) in [4.78, 5) is 33.9. The number of carbonyl (C=O) groups excluding carboxylic acids is 1. The molecule has 31 heavy (non-hydrogen) atoms. The number of amides is 1. The second-order valence-electron chi connectivity index (χ2n) is 6.36. The summed E-state index contributed by atoms with van der Waals surface area (Å²) in [7, 11) is 1.58. The summed E-state index contributed by atoms with van der Waals surface area (Å²) in [6.07, 6.45) is 4.80. The maximum absolute atomic E-state index is 13.1. The molecule has 1 amide bonds. The van der Waals surface area contributed by atoms with Crippen LogP contribution in [0.1, 0.15) is 21.5 Å². The molecule has 0 unspecified atom stereocenters. The number of halogens is 2. The van der Waals surface area contributed by atoms with Crippen LogP contribution < -0.4 is 16.6 Å². The highest BCUT2D eigenvalue weighted by atomic mass is 35.5. The van der Waals surface area contributed by atoms with Crippen LogP contribution in [0.15, 0.2) is 41.7 Å². The molecule has 0 bridgehead atoms. The minimum atomic E-state index is -0.776. The topological polar surface area (TPSA) is 136 Å². The van der Waals surface area contributed by atoms with Crippen LogP contribution in [-0.4, -0.2) is 34.2 Å². The number of methoxy groups -OCH3 is 1. The van der Waals surface area contributed by atoms with Gasteiger partial charge in [-0.2, -0.15) is 5.26 Å². The van der Waals surface area contributed by atoms with Crippen molar-refractivity contribution in [3.05, 3.63) is 74.0 Å². The van der Waals surface area contributed by atoms with E-state index in [4.69, 9.17) is 38.9 Å². The molecular formula is C20H16Cl2N6O3. The maximum atomic E-state index is 13.1. The Balaban J connectivity index is 2.00. The van der Waals surface area contributed by atoms with Gasteiger partial charge >= 0.3 is 0 Å². The third kappa shape index (κ3) is 4.83. The van der Waals surface area contributed by atoms with Crippen molar-refractivity contribution < 1.29 is 9.53 Å². The Morgan fingerprint density at radius 1 is 1.29 bits per heavy atom. The Bertz CT molecular complexity index is 1230. The van der Waals surface area contributed by atoms with Gasteiger partial charge in [-0.3, -0.25) is 19.1 Å². The number of ether oxygens (including phenoxy) is 1. The van der Waals surface area contributed by atoms with Crippen LogP contribution in [0.4, 0.5) is 11.5 Å². The second-order valence-corrected chi connectivity index (χ2v) is 7.17. The molecule has 3 rings (SSSR count). The number of carbonyl (C=O) groups is 1. The van der Waals surface area contributed by atoms with Crippen LogP contribution in [0.25, 0.3) is 5.69 Å². The van der Waals surface area contributed by atoms with Gasteiger partial charge in [-0.25, -0.2) is 4.98 Å². The van der Waals surface area contributed by atoms with Gasteiger partial charge in [0.1, 0.15) is 17.7 Å². The van der Waals surface area contributed by atoms with E-state index in [1.165, 1.54) is 18.3 Å². The summed E-state index contributed by atoms with van der Waals surface area (Å²) in [5.74, 6) is -1.03. The first-order chi connectivity index (χ1) is 14.8. The van der Waals surface area contributed by atoms with Crippen molar-refractivity contribution in [3.8, 4) is 11.8 Å². The fourth-order valence-electron chi connectivity index (χ4n) is 2.81. The van der Waals surface area contributed by atoms with E-state index < -0.39 is 11.5 Å². The van der Waals surface area contributed by atoms with Crippen molar-refractivity contribution in [1.29, 1.82) is 5.26 Å². The fraction of sp³-hybridized carbons (Fsp3) is 0.150. The van der Waals surface area contributed by atoms with E-state index in [1.54, 1.807) is 19.4 Å². The zero-order valence-corrected chi connectivity index (χ0v) is 17.7. The third-order valence-electron chi connectivity index (χ3n) is 4.26. The molecule has 0 aliphatic rings. The number of aromatic nitrogens is 3. The summed E-state index contributed by atoms with van der Waals surface area (Å²) in [5.41, 5.74) is 6.16. The lowest BCUT2D eigenvalue weighted by atomic mass is 10.2. The summed E-state index contributed by atoms with van der Waals surface area (Å²) in [5, 5.41) is 11.7. The van der Waals surface area contributed by atoms with Crippen LogP contribution in [0.2, 0.25) is 10.0 Å². The van der Waals surface area contributed by atoms with Crippen LogP contribution in [0.5, 0.6) is 0 Å². The molecule has 3 aromatic rings. The van der Waals surface area contributed by atoms with E-state index in [0.717, 1.165) is 16.5 Å². The van der Waals surface area contributed by atoms with Crippen molar-refractivity contribution in [2.24, 2.45) is 0 Å². The van der Waals surface area contributed by atoms with Gasteiger partial charge in [0, 0.05) is 13.3 Å². The molecule has 0 radical (unpaired) electrons. The average molecular weight is 459 g/mol. The predicted octanol–water partition coefficient (Wildman–Crippen LogP) is 2.83. The molecule has 0 saturated carbocycles. The molecule has 0 spiro atoms. The Kier molecular flexibility index (Phi) is 6.87. The second kappa shape index (κ2) is 9.57. The molecule has 3 N–H and O–H groups in total. The molecular weight excluding hydrogens is 443 g/mol. The number of nitrogen functional groups attached to an aromatic ring is 1. The molecule has 11 heteroatoms. The van der Waals surface area contributed by atoms with Crippen LogP contribution in [0, 0.1) is 11.3 Å². The van der Waals surface area contributed by atoms with Gasteiger partial charge in [0.15, 0.2) is 0 Å². The normalized spacial score (nSPS) is 10.5. The maximum Gasteiger partial charge on any atom is 0.273 e. The predicted molar refractivity (Wildman–Crippen MR) is 117 cm³/mol. The van der Waals surface area contributed by atoms with Crippen molar-refractivity contribution in [1.82, 2.24) is 14.5 Å². The summed E-state index contributed by atoms with van der Waals surface area (Å²) >= 11 is 12.4. The summed E-state index contributed by atoms with van der Waals surface area (Å²) in [6, 6.07) is 6.33. The number of pyridine rings is 1. The molecule has 0 atom stereocenters. The molecule has 2 heterocycles. The first-order valence-corrected chi connectivity index (χ1v) is 9.62. The van der Waals surface area contributed by atoms with Gasteiger partial charge in [0.05, 0.1) is 45.9 Å². The van der Waals surface area contributed by atoms with E-state index in [-0.39, 0.29) is 32.7 Å². The molecule has 0 aliphatic carbocycles. The molecule has 9 nitrogen and oxygen atoms in total. The van der Waals surface area contributed by atoms with Gasteiger partial charge in [0.2, 0.25) is 0 Å². The van der Waals surface area contributed by atoms with Gasteiger partial charge in [-0.1, -0.05) is 23.2 Å². The van der Waals surface area contributed by atoms with E-state index in [0.29, 0.717) is 18.7 Å². The highest BCUT2D eigenvalue weighted by molar-refractivity contribution is 6.38. The molecule has 158 valence electrons. The molecule has 0 fully saturated rings. The highest BCUT2D eigenvalue weighted by Gasteiger charge is 2.21. The summed E-state index contributed by atoms with van der Waals surface area (Å²) in [6.45, 7) is 0.492. The fourth-order valence-corrected chi connectivity index (χ4v) is 3.48. The van der Waals surface area contributed by atoms with Crippen LogP contribution in [0.3, 0.4) is 0 Å². The van der Waals surface area contributed by atoms with Gasteiger partial charge < -0.3 is 15.8 Å². The number of nitrogens with one attached hydrogen (secondary N) is 1. The lowest BCUT2D eigenvalue weighted by Gasteiger charge is -2.13. The molecule has 0 saturated heterocycles. The Morgan fingerprint density at radius 3 is 2.65 bits per heavy atom. The van der Waals surface area contributed by atoms with E-state index in [2.05, 4.69) is 15.3 Å². The standard InChI is InChI=1S/C20H16Cl2N6O3/c1-31-3-2-11-4-13(9-25-8-11)27-19(29)16-18(24)26-10-28(20(16)30)17-14(21)5-12(7-23)6-15(17)22/h4-6,8-10H,2-3,24H2,1H3,(H,27,29). The number of hydrogen-bond acceptors (Lipinski definition) is 7. The quantitative estimate of drug-likeness (QED) is 0.579. The minimum Gasteiger partial charge on any atom is -0.384 e. The summed E-state index contributed by atoms with van der Waals surface area (Å²) < 4.78 is 6.04. The average Bonchev–Trinajstić information content (AvgIpc) is 2.73. The van der Waals surface area contributed by atoms with Crippen molar-refractivity contribution in [3.63, 3.8) is 0 Å². The number of benzene rings is 1. The van der Waals surface area contributed by atoms with Gasteiger partial charge in [-0.05, 0) is 30.2 Å². The van der Waals surface area contributed by atoms with Crippen molar-refractivity contribution >= 4 is 40.6 Å².